The number of ether oxygens (including phenoxy) is 3. The van der Waals surface area contributed by atoms with Crippen LogP contribution in [0.15, 0.2) is 48.6 Å². The molecule has 0 aromatic heterocycles. The van der Waals surface area contributed by atoms with Crippen LogP contribution in [0, 0.1) is 17.8 Å². The molecule has 2 N–H and O–H groups in total. The number of hydrogen-bond acceptors (Lipinski definition) is 9. The molecule has 1 saturated heterocycles. The molecule has 5 aliphatic rings. The van der Waals surface area contributed by atoms with E-state index < -0.39 is 26.8 Å². The van der Waals surface area contributed by atoms with E-state index in [1.165, 1.54) is 11.1 Å². The highest BCUT2D eigenvalue weighted by molar-refractivity contribution is 7.90. The third-order valence-electron chi connectivity index (χ3n) is 12.2. The summed E-state index contributed by atoms with van der Waals surface area (Å²) >= 11 is 6.46. The van der Waals surface area contributed by atoms with Gasteiger partial charge in [0.1, 0.15) is 11.4 Å². The van der Waals surface area contributed by atoms with Gasteiger partial charge < -0.3 is 24.2 Å². The number of sulfonamides is 1. The number of aliphatic hydroxyl groups is 1. The molecule has 1 amide bonds. The normalized spacial score (nSPS) is 33.2. The summed E-state index contributed by atoms with van der Waals surface area (Å²) in [5.74, 6) is -0.201. The largest absolute Gasteiger partial charge is 0.490 e. The van der Waals surface area contributed by atoms with E-state index in [1.807, 2.05) is 25.1 Å². The molecule has 10 nitrogen and oxygen atoms in total. The maximum absolute atomic E-state index is 13.5. The summed E-state index contributed by atoms with van der Waals surface area (Å²) in [7, 11) is -3.99. The van der Waals surface area contributed by atoms with Crippen LogP contribution in [-0.4, -0.2) is 101 Å². The van der Waals surface area contributed by atoms with Gasteiger partial charge in [0.15, 0.2) is 0 Å². The SMILES string of the molecule is C[C@@H]1[C@@H](C)C/C=C\[C@@](O)(COCCN2CCOCC2)[C@@H]2CC[C@H]2CN2C[C@@]3(CCCc4cc(Cl)ccc43)COc3ccc(cc32)C(=O)NS1(=O)=O. The summed E-state index contributed by atoms with van der Waals surface area (Å²) < 4.78 is 47.6. The van der Waals surface area contributed by atoms with Crippen LogP contribution in [0.25, 0.3) is 0 Å². The first kappa shape index (κ1) is 36.7. The van der Waals surface area contributed by atoms with Gasteiger partial charge in [0.05, 0.1) is 44.0 Å². The van der Waals surface area contributed by atoms with E-state index in [0.29, 0.717) is 38.5 Å². The van der Waals surface area contributed by atoms with Gasteiger partial charge in [-0.1, -0.05) is 36.7 Å². The Bertz CT molecular complexity index is 1730. The van der Waals surface area contributed by atoms with E-state index in [2.05, 4.69) is 26.7 Å². The number of anilines is 1. The molecule has 2 fully saturated rings. The molecule has 51 heavy (non-hydrogen) atoms. The maximum atomic E-state index is 13.5. The number of nitrogens with one attached hydrogen (secondary N) is 1. The average molecular weight is 742 g/mol. The van der Waals surface area contributed by atoms with E-state index in [9.17, 15) is 18.3 Å². The number of amides is 1. The Morgan fingerprint density at radius 2 is 1.94 bits per heavy atom. The molecular weight excluding hydrogens is 690 g/mol. The van der Waals surface area contributed by atoms with Crippen LogP contribution in [0.2, 0.25) is 5.02 Å². The third kappa shape index (κ3) is 7.71. The van der Waals surface area contributed by atoms with Gasteiger partial charge in [-0.15, -0.1) is 0 Å². The number of aryl methyl sites for hydroxylation is 1. The highest BCUT2D eigenvalue weighted by Gasteiger charge is 2.48. The number of fused-ring (bicyclic) bond motifs is 4. The van der Waals surface area contributed by atoms with Gasteiger partial charge in [0.25, 0.3) is 5.91 Å². The minimum Gasteiger partial charge on any atom is -0.490 e. The van der Waals surface area contributed by atoms with Crippen molar-refractivity contribution < 1.29 is 32.5 Å². The van der Waals surface area contributed by atoms with Gasteiger partial charge in [-0.25, -0.2) is 13.1 Å². The van der Waals surface area contributed by atoms with Gasteiger partial charge in [0.2, 0.25) is 10.0 Å². The minimum atomic E-state index is -3.99. The zero-order valence-corrected chi connectivity index (χ0v) is 31.4. The Balaban J connectivity index is 1.23. The fourth-order valence-electron chi connectivity index (χ4n) is 8.78. The number of benzene rings is 2. The molecule has 2 aromatic carbocycles. The standard InChI is InChI=1S/C39H52ClN3O7S/c1-27-5-3-14-39(45,26-49-20-17-42-15-18-48-19-16-42)34-10-7-31(34)23-43-24-38(13-4-6-29-21-32(40)9-11-33(29)38)25-50-36-12-8-30(22-35(36)43)37(44)41-51(46,47)28(27)2/h3,8-9,11-12,14,21-22,27-28,31,34,45H,4-7,10,13,15-20,23-26H2,1-2H3,(H,41,44)/b14-3-/t27-,28+,31-,34+,38-,39+/m0/s1. The number of allylic oxidation sites excluding steroid dienone is 1. The first-order valence-corrected chi connectivity index (χ1v) is 20.5. The third-order valence-corrected chi connectivity index (χ3v) is 14.4. The summed E-state index contributed by atoms with van der Waals surface area (Å²) in [6.45, 7) is 9.89. The zero-order chi connectivity index (χ0) is 35.8. The predicted molar refractivity (Wildman–Crippen MR) is 198 cm³/mol. The highest BCUT2D eigenvalue weighted by atomic mass is 35.5. The average Bonchev–Trinajstić information content (AvgIpc) is 3.24. The van der Waals surface area contributed by atoms with Crippen LogP contribution in [-0.2, 0) is 31.3 Å². The Hall–Kier alpha value is -2.67. The molecule has 0 unspecified atom stereocenters. The van der Waals surface area contributed by atoms with Crippen molar-refractivity contribution in [2.75, 3.05) is 70.7 Å². The van der Waals surface area contributed by atoms with Gasteiger partial charge in [0, 0.05) is 48.7 Å². The Kier molecular flexibility index (Phi) is 10.8. The molecule has 2 aliphatic carbocycles. The van der Waals surface area contributed by atoms with Crippen LogP contribution in [0.5, 0.6) is 5.75 Å². The topological polar surface area (TPSA) is 118 Å². The molecule has 2 aromatic rings. The van der Waals surface area contributed by atoms with Crippen LogP contribution < -0.4 is 14.4 Å². The quantitative estimate of drug-likeness (QED) is 0.324. The van der Waals surface area contributed by atoms with Gasteiger partial charge in [-0.3, -0.25) is 9.69 Å². The molecular formula is C39H52ClN3O7S. The number of carbonyl (C=O) groups excluding carboxylic acids is 1. The second-order valence-electron chi connectivity index (χ2n) is 15.5. The smallest absolute Gasteiger partial charge is 0.264 e. The molecule has 1 spiro atoms. The molecule has 278 valence electrons. The van der Waals surface area contributed by atoms with Crippen molar-refractivity contribution in [2.45, 2.75) is 68.6 Å². The fraction of sp³-hybridized carbons (Fsp3) is 0.615. The summed E-state index contributed by atoms with van der Waals surface area (Å²) in [6, 6.07) is 11.4. The molecule has 12 heteroatoms. The fourth-order valence-corrected chi connectivity index (χ4v) is 10.3. The lowest BCUT2D eigenvalue weighted by Crippen LogP contribution is -2.54. The molecule has 3 aliphatic heterocycles. The number of carbonyl (C=O) groups is 1. The van der Waals surface area contributed by atoms with E-state index in [-0.39, 0.29) is 35.3 Å². The van der Waals surface area contributed by atoms with Crippen molar-refractivity contribution >= 4 is 33.2 Å². The molecule has 6 atom stereocenters. The predicted octanol–water partition coefficient (Wildman–Crippen LogP) is 4.96. The van der Waals surface area contributed by atoms with E-state index in [1.54, 1.807) is 25.1 Å². The number of rotatable bonds is 5. The molecule has 2 bridgehead atoms. The second kappa shape index (κ2) is 15.0. The number of halogens is 1. The van der Waals surface area contributed by atoms with Gasteiger partial charge in [-0.05, 0) is 105 Å². The zero-order valence-electron chi connectivity index (χ0n) is 29.8. The monoisotopic (exact) mass is 741 g/mol. The summed E-state index contributed by atoms with van der Waals surface area (Å²) in [5.41, 5.74) is 1.97. The Morgan fingerprint density at radius 3 is 2.73 bits per heavy atom. The van der Waals surface area contributed by atoms with Crippen molar-refractivity contribution in [2.24, 2.45) is 17.8 Å². The van der Waals surface area contributed by atoms with Crippen LogP contribution in [0.4, 0.5) is 5.69 Å². The van der Waals surface area contributed by atoms with Crippen molar-refractivity contribution in [3.63, 3.8) is 0 Å². The molecule has 1 saturated carbocycles. The van der Waals surface area contributed by atoms with Crippen molar-refractivity contribution in [3.05, 3.63) is 70.3 Å². The molecule has 0 radical (unpaired) electrons. The van der Waals surface area contributed by atoms with Gasteiger partial charge in [-0.2, -0.15) is 0 Å². The Labute approximate surface area is 307 Å². The lowest BCUT2D eigenvalue weighted by Gasteiger charge is -2.49. The first-order valence-electron chi connectivity index (χ1n) is 18.6. The molecule has 7 rings (SSSR count). The van der Waals surface area contributed by atoms with Gasteiger partial charge >= 0.3 is 0 Å². The van der Waals surface area contributed by atoms with Crippen molar-refractivity contribution in [1.82, 2.24) is 9.62 Å². The van der Waals surface area contributed by atoms with Crippen LogP contribution in [0.1, 0.15) is 67.4 Å². The highest BCUT2D eigenvalue weighted by Crippen LogP contribution is 2.48. The van der Waals surface area contributed by atoms with E-state index in [0.717, 1.165) is 75.7 Å². The second-order valence-corrected chi connectivity index (χ2v) is 18.0. The van der Waals surface area contributed by atoms with Crippen LogP contribution >= 0.6 is 11.6 Å². The number of hydrogen-bond donors (Lipinski definition) is 2. The number of nitrogens with zero attached hydrogens (tertiary/aromatic N) is 2. The minimum absolute atomic E-state index is 0.0611. The summed E-state index contributed by atoms with van der Waals surface area (Å²) in [6.07, 6.45) is 8.89. The maximum Gasteiger partial charge on any atom is 0.264 e. The van der Waals surface area contributed by atoms with Crippen molar-refractivity contribution in [3.8, 4) is 5.75 Å². The van der Waals surface area contributed by atoms with E-state index in [4.69, 9.17) is 25.8 Å². The van der Waals surface area contributed by atoms with Crippen molar-refractivity contribution in [1.29, 1.82) is 0 Å². The first-order chi connectivity index (χ1) is 24.5. The molecule has 3 heterocycles. The summed E-state index contributed by atoms with van der Waals surface area (Å²) in [5, 5.41) is 12.3. The van der Waals surface area contributed by atoms with Crippen LogP contribution in [0.3, 0.4) is 0 Å². The lowest BCUT2D eigenvalue weighted by molar-refractivity contribution is -0.0981. The summed E-state index contributed by atoms with van der Waals surface area (Å²) in [4.78, 5) is 18.2. The van der Waals surface area contributed by atoms with E-state index >= 15 is 0 Å². The lowest BCUT2D eigenvalue weighted by atomic mass is 9.64. The Morgan fingerprint density at radius 1 is 1.12 bits per heavy atom. The number of morpholine rings is 1.